The van der Waals surface area contributed by atoms with E-state index in [1.54, 1.807) is 0 Å². The number of halogens is 1. The van der Waals surface area contributed by atoms with Crippen molar-refractivity contribution in [1.82, 2.24) is 9.80 Å². The Hall–Kier alpha value is -0.580. The van der Waals surface area contributed by atoms with Crippen LogP contribution in [0, 0.1) is 0 Å². The number of hydrogen-bond acceptors (Lipinski definition) is 3. The molecule has 4 heteroatoms. The summed E-state index contributed by atoms with van der Waals surface area (Å²) in [7, 11) is 2.17. The van der Waals surface area contributed by atoms with E-state index in [1.165, 1.54) is 32.5 Å². The summed E-state index contributed by atoms with van der Waals surface area (Å²) in [5.41, 5.74) is 0. The van der Waals surface area contributed by atoms with Gasteiger partial charge in [0.1, 0.15) is 12.4 Å². The van der Waals surface area contributed by atoms with Gasteiger partial charge in [-0.15, -0.1) is 0 Å². The Morgan fingerprint density at radius 2 is 1.84 bits per heavy atom. The van der Waals surface area contributed by atoms with Crippen molar-refractivity contribution < 1.29 is 4.74 Å². The molecule has 1 saturated heterocycles. The minimum Gasteiger partial charge on any atom is -0.492 e. The largest absolute Gasteiger partial charge is 0.492 e. The lowest BCUT2D eigenvalue weighted by Gasteiger charge is -2.21. The standard InChI is InChI=1S/C15H23BrN2O/c1-17(10-11-18-8-2-3-9-18)12-13-19-15-6-4-14(16)5-7-15/h4-7H,2-3,8-13H2,1H3. The van der Waals surface area contributed by atoms with Crippen LogP contribution >= 0.6 is 15.9 Å². The van der Waals surface area contributed by atoms with Gasteiger partial charge in [0.2, 0.25) is 0 Å². The van der Waals surface area contributed by atoms with Crippen molar-refractivity contribution in [3.63, 3.8) is 0 Å². The summed E-state index contributed by atoms with van der Waals surface area (Å²) in [6, 6.07) is 8.00. The third kappa shape index (κ3) is 5.51. The van der Waals surface area contributed by atoms with Gasteiger partial charge < -0.3 is 14.5 Å². The van der Waals surface area contributed by atoms with Crippen molar-refractivity contribution >= 4 is 15.9 Å². The Bertz CT molecular complexity index is 363. The summed E-state index contributed by atoms with van der Waals surface area (Å²) < 4.78 is 6.81. The zero-order chi connectivity index (χ0) is 13.5. The zero-order valence-electron chi connectivity index (χ0n) is 11.6. The highest BCUT2D eigenvalue weighted by Crippen LogP contribution is 2.15. The average molecular weight is 327 g/mol. The Morgan fingerprint density at radius 3 is 2.53 bits per heavy atom. The van der Waals surface area contributed by atoms with E-state index in [4.69, 9.17) is 4.74 Å². The van der Waals surface area contributed by atoms with Crippen LogP contribution in [0.1, 0.15) is 12.8 Å². The van der Waals surface area contributed by atoms with Crippen LogP contribution in [0.25, 0.3) is 0 Å². The quantitative estimate of drug-likeness (QED) is 0.766. The summed E-state index contributed by atoms with van der Waals surface area (Å²) in [6.45, 7) is 6.60. The highest BCUT2D eigenvalue weighted by Gasteiger charge is 2.11. The highest BCUT2D eigenvalue weighted by atomic mass is 79.9. The van der Waals surface area contributed by atoms with Crippen molar-refractivity contribution in [3.8, 4) is 5.75 Å². The van der Waals surface area contributed by atoms with Crippen molar-refractivity contribution in [2.75, 3.05) is 46.4 Å². The lowest BCUT2D eigenvalue weighted by molar-refractivity contribution is 0.213. The van der Waals surface area contributed by atoms with E-state index < -0.39 is 0 Å². The van der Waals surface area contributed by atoms with Gasteiger partial charge in [-0.1, -0.05) is 15.9 Å². The molecule has 1 aliphatic heterocycles. The first-order valence-corrected chi connectivity index (χ1v) is 7.82. The first kappa shape index (κ1) is 14.8. The molecule has 0 atom stereocenters. The Labute approximate surface area is 124 Å². The molecule has 0 amide bonds. The second-order valence-corrected chi connectivity index (χ2v) is 6.07. The van der Waals surface area contributed by atoms with E-state index in [0.717, 1.165) is 29.9 Å². The summed E-state index contributed by atoms with van der Waals surface area (Å²) in [6.07, 6.45) is 2.74. The summed E-state index contributed by atoms with van der Waals surface area (Å²) in [5.74, 6) is 0.941. The molecule has 0 spiro atoms. The first-order chi connectivity index (χ1) is 9.24. The van der Waals surface area contributed by atoms with Crippen LogP contribution in [-0.4, -0.2) is 56.2 Å². The molecule has 0 unspecified atom stereocenters. The summed E-state index contributed by atoms with van der Waals surface area (Å²) >= 11 is 3.42. The maximum absolute atomic E-state index is 5.73. The van der Waals surface area contributed by atoms with Crippen LogP contribution in [0.4, 0.5) is 0 Å². The zero-order valence-corrected chi connectivity index (χ0v) is 13.2. The average Bonchev–Trinajstić information content (AvgIpc) is 2.92. The van der Waals surface area contributed by atoms with Gasteiger partial charge in [0, 0.05) is 24.1 Å². The molecule has 0 aromatic heterocycles. The number of likely N-dealkylation sites (N-methyl/N-ethyl adjacent to an activating group) is 1. The minimum atomic E-state index is 0.748. The number of likely N-dealkylation sites (tertiary alicyclic amines) is 1. The highest BCUT2D eigenvalue weighted by molar-refractivity contribution is 9.10. The number of hydrogen-bond donors (Lipinski definition) is 0. The number of nitrogens with zero attached hydrogens (tertiary/aromatic N) is 2. The third-order valence-corrected chi connectivity index (χ3v) is 4.08. The molecule has 1 fully saturated rings. The fourth-order valence-electron chi connectivity index (χ4n) is 2.28. The van der Waals surface area contributed by atoms with Gasteiger partial charge in [0.25, 0.3) is 0 Å². The predicted octanol–water partition coefficient (Wildman–Crippen LogP) is 2.86. The molecule has 1 heterocycles. The monoisotopic (exact) mass is 326 g/mol. The molecule has 0 saturated carbocycles. The molecule has 0 N–H and O–H groups in total. The topological polar surface area (TPSA) is 15.7 Å². The smallest absolute Gasteiger partial charge is 0.119 e. The van der Waals surface area contributed by atoms with Crippen LogP contribution < -0.4 is 4.74 Å². The molecular formula is C15H23BrN2O. The van der Waals surface area contributed by atoms with E-state index in [9.17, 15) is 0 Å². The lowest BCUT2D eigenvalue weighted by Crippen LogP contribution is -2.33. The van der Waals surface area contributed by atoms with E-state index in [2.05, 4.69) is 32.8 Å². The van der Waals surface area contributed by atoms with Crippen molar-refractivity contribution in [1.29, 1.82) is 0 Å². The van der Waals surface area contributed by atoms with Gasteiger partial charge in [-0.05, 0) is 57.2 Å². The molecule has 2 rings (SSSR count). The normalized spacial score (nSPS) is 16.2. The molecule has 1 aliphatic rings. The molecule has 106 valence electrons. The summed E-state index contributed by atoms with van der Waals surface area (Å²) in [4.78, 5) is 4.89. The third-order valence-electron chi connectivity index (χ3n) is 3.55. The van der Waals surface area contributed by atoms with Crippen molar-refractivity contribution in [3.05, 3.63) is 28.7 Å². The van der Waals surface area contributed by atoms with E-state index >= 15 is 0 Å². The second kappa shape index (κ2) is 7.88. The fourth-order valence-corrected chi connectivity index (χ4v) is 2.54. The minimum absolute atomic E-state index is 0.748. The maximum Gasteiger partial charge on any atom is 0.119 e. The van der Waals surface area contributed by atoms with Gasteiger partial charge >= 0.3 is 0 Å². The van der Waals surface area contributed by atoms with Gasteiger partial charge in [-0.2, -0.15) is 0 Å². The van der Waals surface area contributed by atoms with Crippen LogP contribution in [0.15, 0.2) is 28.7 Å². The second-order valence-electron chi connectivity index (χ2n) is 5.15. The van der Waals surface area contributed by atoms with Gasteiger partial charge in [0.15, 0.2) is 0 Å². The number of rotatable bonds is 7. The molecule has 0 radical (unpaired) electrons. The molecule has 1 aromatic rings. The van der Waals surface area contributed by atoms with E-state index in [0.29, 0.717) is 0 Å². The molecule has 0 bridgehead atoms. The Balaban J connectivity index is 1.58. The van der Waals surface area contributed by atoms with Crippen LogP contribution in [0.2, 0.25) is 0 Å². The molecule has 19 heavy (non-hydrogen) atoms. The van der Waals surface area contributed by atoms with Crippen LogP contribution in [-0.2, 0) is 0 Å². The molecule has 3 nitrogen and oxygen atoms in total. The molecular weight excluding hydrogens is 304 g/mol. The molecule has 1 aromatic carbocycles. The number of benzene rings is 1. The van der Waals surface area contributed by atoms with Crippen LogP contribution in [0.3, 0.4) is 0 Å². The Kier molecular flexibility index (Phi) is 6.14. The van der Waals surface area contributed by atoms with Crippen LogP contribution in [0.5, 0.6) is 5.75 Å². The summed E-state index contributed by atoms with van der Waals surface area (Å²) in [5, 5.41) is 0. The first-order valence-electron chi connectivity index (χ1n) is 7.03. The lowest BCUT2D eigenvalue weighted by atomic mass is 10.3. The van der Waals surface area contributed by atoms with Gasteiger partial charge in [-0.25, -0.2) is 0 Å². The fraction of sp³-hybridized carbons (Fsp3) is 0.600. The Morgan fingerprint density at radius 1 is 1.16 bits per heavy atom. The van der Waals surface area contributed by atoms with Crippen molar-refractivity contribution in [2.45, 2.75) is 12.8 Å². The van der Waals surface area contributed by atoms with E-state index in [-0.39, 0.29) is 0 Å². The van der Waals surface area contributed by atoms with Crippen molar-refractivity contribution in [2.24, 2.45) is 0 Å². The maximum atomic E-state index is 5.73. The van der Waals surface area contributed by atoms with E-state index in [1.807, 2.05) is 24.3 Å². The van der Waals surface area contributed by atoms with Gasteiger partial charge in [0.05, 0.1) is 0 Å². The SMILES string of the molecule is CN(CCOc1ccc(Br)cc1)CCN1CCCC1. The predicted molar refractivity (Wildman–Crippen MR) is 82.8 cm³/mol. The number of ether oxygens (including phenoxy) is 1. The molecule has 0 aliphatic carbocycles. The van der Waals surface area contributed by atoms with Gasteiger partial charge in [-0.3, -0.25) is 0 Å².